The third-order valence-electron chi connectivity index (χ3n) is 2.12. The Balaban J connectivity index is 2.43. The van der Waals surface area contributed by atoms with Crippen LogP contribution < -0.4 is 5.14 Å². The zero-order chi connectivity index (χ0) is 11.8. The average molecular weight is 257 g/mol. The van der Waals surface area contributed by atoms with Crippen molar-refractivity contribution in [2.24, 2.45) is 5.14 Å². The van der Waals surface area contributed by atoms with Gasteiger partial charge in [-0.25, -0.2) is 13.6 Å². The van der Waals surface area contributed by atoms with Crippen LogP contribution in [0.5, 0.6) is 0 Å². The zero-order valence-corrected chi connectivity index (χ0v) is 9.74. The van der Waals surface area contributed by atoms with E-state index in [1.807, 2.05) is 0 Å². The topological polar surface area (TPSA) is 65.1 Å². The molecule has 0 unspecified atom stereocenters. The Bertz CT molecular complexity index is 602. The van der Waals surface area contributed by atoms with E-state index in [4.69, 9.17) is 16.7 Å². The SMILES string of the molecule is NS(=O)(=O)c1ccn(-c2ccc(Cl)cc2)c1. The Hall–Kier alpha value is -1.30. The van der Waals surface area contributed by atoms with Gasteiger partial charge in [0.05, 0.1) is 4.90 Å². The van der Waals surface area contributed by atoms with Crippen LogP contribution >= 0.6 is 11.6 Å². The standard InChI is InChI=1S/C10H9ClN2O2S/c11-8-1-3-9(4-2-8)13-6-5-10(7-13)16(12,14)15/h1-7H,(H2,12,14,15). The van der Waals surface area contributed by atoms with Crippen LogP contribution in [0.4, 0.5) is 0 Å². The van der Waals surface area contributed by atoms with E-state index in [-0.39, 0.29) is 4.90 Å². The molecule has 2 rings (SSSR count). The number of primary sulfonamides is 1. The number of benzene rings is 1. The van der Waals surface area contributed by atoms with Gasteiger partial charge in [-0.05, 0) is 30.3 Å². The summed E-state index contributed by atoms with van der Waals surface area (Å²) in [5.74, 6) is 0. The lowest BCUT2D eigenvalue weighted by molar-refractivity contribution is 0.598. The van der Waals surface area contributed by atoms with Gasteiger partial charge in [-0.1, -0.05) is 11.6 Å². The molecule has 1 heterocycles. The Morgan fingerprint density at radius 1 is 1.12 bits per heavy atom. The van der Waals surface area contributed by atoms with E-state index in [0.717, 1.165) is 5.69 Å². The number of hydrogen-bond donors (Lipinski definition) is 1. The molecule has 0 spiro atoms. The van der Waals surface area contributed by atoms with Gasteiger partial charge in [0.1, 0.15) is 0 Å². The molecule has 2 aromatic rings. The molecule has 0 fully saturated rings. The minimum absolute atomic E-state index is 0.0856. The highest BCUT2D eigenvalue weighted by Crippen LogP contribution is 2.16. The molecule has 0 radical (unpaired) electrons. The minimum Gasteiger partial charge on any atom is -0.322 e. The van der Waals surface area contributed by atoms with Crippen LogP contribution in [0.2, 0.25) is 5.02 Å². The van der Waals surface area contributed by atoms with Crippen LogP contribution in [-0.2, 0) is 10.0 Å². The second-order valence-electron chi connectivity index (χ2n) is 3.28. The van der Waals surface area contributed by atoms with E-state index in [1.165, 1.54) is 12.3 Å². The van der Waals surface area contributed by atoms with Gasteiger partial charge in [0, 0.05) is 23.1 Å². The van der Waals surface area contributed by atoms with Crippen LogP contribution in [0, 0.1) is 0 Å². The highest BCUT2D eigenvalue weighted by Gasteiger charge is 2.09. The molecule has 0 amide bonds. The van der Waals surface area contributed by atoms with Crippen molar-refractivity contribution in [3.05, 3.63) is 47.7 Å². The van der Waals surface area contributed by atoms with Gasteiger partial charge in [-0.15, -0.1) is 0 Å². The summed E-state index contributed by atoms with van der Waals surface area (Å²) in [5.41, 5.74) is 0.819. The maximum atomic E-state index is 11.1. The molecule has 0 aliphatic carbocycles. The van der Waals surface area contributed by atoms with Crippen molar-refractivity contribution in [2.45, 2.75) is 4.90 Å². The van der Waals surface area contributed by atoms with Gasteiger partial charge in [0.25, 0.3) is 0 Å². The summed E-state index contributed by atoms with van der Waals surface area (Å²) in [5, 5.41) is 5.64. The Labute approximate surface area is 98.3 Å². The lowest BCUT2D eigenvalue weighted by Crippen LogP contribution is -2.11. The second-order valence-corrected chi connectivity index (χ2v) is 5.27. The highest BCUT2D eigenvalue weighted by atomic mass is 35.5. The van der Waals surface area contributed by atoms with Crippen molar-refractivity contribution in [2.75, 3.05) is 0 Å². The summed E-state index contributed by atoms with van der Waals surface area (Å²) in [7, 11) is -3.65. The molecule has 1 aromatic heterocycles. The lowest BCUT2D eigenvalue weighted by Gasteiger charge is -2.01. The van der Waals surface area contributed by atoms with Crippen LogP contribution in [0.25, 0.3) is 5.69 Å². The van der Waals surface area contributed by atoms with E-state index < -0.39 is 10.0 Å². The molecule has 1 aromatic carbocycles. The quantitative estimate of drug-likeness (QED) is 0.890. The van der Waals surface area contributed by atoms with Gasteiger partial charge in [0.2, 0.25) is 10.0 Å². The fourth-order valence-electron chi connectivity index (χ4n) is 1.32. The summed E-state index contributed by atoms with van der Waals surface area (Å²) in [6.07, 6.45) is 3.08. The number of rotatable bonds is 2. The third-order valence-corrected chi connectivity index (χ3v) is 3.27. The molecule has 0 bridgehead atoms. The first-order valence-corrected chi connectivity index (χ1v) is 6.36. The van der Waals surface area contributed by atoms with Crippen molar-refractivity contribution in [3.63, 3.8) is 0 Å². The summed E-state index contributed by atoms with van der Waals surface area (Å²) < 4.78 is 23.8. The van der Waals surface area contributed by atoms with E-state index >= 15 is 0 Å². The van der Waals surface area contributed by atoms with Gasteiger partial charge in [-0.2, -0.15) is 0 Å². The first-order valence-electron chi connectivity index (χ1n) is 4.43. The smallest absolute Gasteiger partial charge is 0.239 e. The maximum Gasteiger partial charge on any atom is 0.239 e. The molecule has 0 saturated carbocycles. The van der Waals surface area contributed by atoms with Gasteiger partial charge in [-0.3, -0.25) is 0 Å². The lowest BCUT2D eigenvalue weighted by atomic mass is 10.3. The Kier molecular flexibility index (Phi) is 2.75. The zero-order valence-electron chi connectivity index (χ0n) is 8.17. The number of hydrogen-bond acceptors (Lipinski definition) is 2. The molecular formula is C10H9ClN2O2S. The normalized spacial score (nSPS) is 11.6. The molecule has 4 nitrogen and oxygen atoms in total. The first kappa shape index (κ1) is 11.2. The fourth-order valence-corrected chi connectivity index (χ4v) is 1.96. The van der Waals surface area contributed by atoms with E-state index in [9.17, 15) is 8.42 Å². The van der Waals surface area contributed by atoms with Crippen LogP contribution in [0.3, 0.4) is 0 Å². The van der Waals surface area contributed by atoms with E-state index in [0.29, 0.717) is 5.02 Å². The molecular weight excluding hydrogens is 248 g/mol. The van der Waals surface area contributed by atoms with Crippen molar-refractivity contribution in [1.29, 1.82) is 0 Å². The van der Waals surface area contributed by atoms with Gasteiger partial charge >= 0.3 is 0 Å². The molecule has 0 saturated heterocycles. The fraction of sp³-hybridized carbons (Fsp3) is 0. The first-order chi connectivity index (χ1) is 7.47. The molecule has 16 heavy (non-hydrogen) atoms. The van der Waals surface area contributed by atoms with Crippen molar-refractivity contribution in [3.8, 4) is 5.69 Å². The van der Waals surface area contributed by atoms with Gasteiger partial charge in [0.15, 0.2) is 0 Å². The summed E-state index contributed by atoms with van der Waals surface area (Å²) in [6.45, 7) is 0. The molecule has 0 atom stereocenters. The predicted molar refractivity (Wildman–Crippen MR) is 62.2 cm³/mol. The number of sulfonamides is 1. The number of halogens is 1. The van der Waals surface area contributed by atoms with E-state index in [2.05, 4.69) is 0 Å². The Morgan fingerprint density at radius 3 is 2.25 bits per heavy atom. The van der Waals surface area contributed by atoms with Crippen molar-refractivity contribution in [1.82, 2.24) is 4.57 Å². The monoisotopic (exact) mass is 256 g/mol. The number of nitrogens with two attached hydrogens (primary N) is 1. The average Bonchev–Trinajstić information content (AvgIpc) is 2.67. The molecule has 0 aliphatic heterocycles. The number of nitrogens with zero attached hydrogens (tertiary/aromatic N) is 1. The summed E-state index contributed by atoms with van der Waals surface area (Å²) >= 11 is 5.75. The number of aromatic nitrogens is 1. The molecule has 2 N–H and O–H groups in total. The van der Waals surface area contributed by atoms with Gasteiger partial charge < -0.3 is 4.57 Å². The van der Waals surface area contributed by atoms with Crippen LogP contribution in [-0.4, -0.2) is 13.0 Å². The minimum atomic E-state index is -3.65. The van der Waals surface area contributed by atoms with Crippen molar-refractivity contribution < 1.29 is 8.42 Å². The predicted octanol–water partition coefficient (Wildman–Crippen LogP) is 1.78. The summed E-state index contributed by atoms with van der Waals surface area (Å²) in [4.78, 5) is 0.0856. The van der Waals surface area contributed by atoms with Crippen LogP contribution in [0.15, 0.2) is 47.6 Å². The van der Waals surface area contributed by atoms with Crippen molar-refractivity contribution >= 4 is 21.6 Å². The van der Waals surface area contributed by atoms with Crippen LogP contribution in [0.1, 0.15) is 0 Å². The third kappa shape index (κ3) is 2.27. The van der Waals surface area contributed by atoms with E-state index in [1.54, 1.807) is 35.0 Å². The summed E-state index contributed by atoms with van der Waals surface area (Å²) in [6, 6.07) is 8.48. The Morgan fingerprint density at radius 2 is 1.75 bits per heavy atom. The highest BCUT2D eigenvalue weighted by molar-refractivity contribution is 7.89. The molecule has 6 heteroatoms. The molecule has 84 valence electrons. The largest absolute Gasteiger partial charge is 0.322 e. The maximum absolute atomic E-state index is 11.1. The second kappa shape index (κ2) is 3.93. The molecule has 0 aliphatic rings.